The molecule has 0 aliphatic heterocycles. The van der Waals surface area contributed by atoms with Gasteiger partial charge in [0.25, 0.3) is 0 Å². The van der Waals surface area contributed by atoms with Crippen LogP contribution in [0.2, 0.25) is 0 Å². The van der Waals surface area contributed by atoms with E-state index < -0.39 is 18.4 Å². The molecule has 1 rings (SSSR count). The summed E-state index contributed by atoms with van der Waals surface area (Å²) in [5, 5.41) is 0. The van der Waals surface area contributed by atoms with E-state index in [9.17, 15) is 18.0 Å². The SMILES string of the molecule is Nc1cccc(C(=O)CC(F)(F)F)c1. The van der Waals surface area contributed by atoms with Crippen LogP contribution in [0.5, 0.6) is 0 Å². The van der Waals surface area contributed by atoms with Gasteiger partial charge in [0.2, 0.25) is 0 Å². The van der Waals surface area contributed by atoms with Crippen molar-refractivity contribution in [1.82, 2.24) is 0 Å². The number of benzene rings is 1. The van der Waals surface area contributed by atoms with Crippen LogP contribution in [-0.4, -0.2) is 12.0 Å². The number of ketones is 1. The van der Waals surface area contributed by atoms with Crippen molar-refractivity contribution < 1.29 is 18.0 Å². The normalized spacial score (nSPS) is 11.4. The molecule has 1 aromatic rings. The summed E-state index contributed by atoms with van der Waals surface area (Å²) in [7, 11) is 0. The number of halogens is 3. The van der Waals surface area contributed by atoms with Gasteiger partial charge in [-0.1, -0.05) is 12.1 Å². The van der Waals surface area contributed by atoms with Gasteiger partial charge in [0.05, 0.1) is 0 Å². The highest BCUT2D eigenvalue weighted by atomic mass is 19.4. The van der Waals surface area contributed by atoms with Crippen LogP contribution in [0.3, 0.4) is 0 Å². The van der Waals surface area contributed by atoms with E-state index >= 15 is 0 Å². The molecule has 0 atom stereocenters. The molecule has 0 bridgehead atoms. The summed E-state index contributed by atoms with van der Waals surface area (Å²) in [6.45, 7) is 0. The number of nitrogens with two attached hydrogens (primary N) is 1. The van der Waals surface area contributed by atoms with Crippen molar-refractivity contribution in [1.29, 1.82) is 0 Å². The van der Waals surface area contributed by atoms with Crippen LogP contribution in [0.4, 0.5) is 18.9 Å². The fraction of sp³-hybridized carbons (Fsp3) is 0.222. The van der Waals surface area contributed by atoms with Crippen molar-refractivity contribution in [3.63, 3.8) is 0 Å². The second-order valence-electron chi connectivity index (χ2n) is 2.84. The molecule has 0 fully saturated rings. The molecule has 5 heteroatoms. The first-order valence-corrected chi connectivity index (χ1v) is 3.84. The molecule has 1 aromatic carbocycles. The number of nitrogen functional groups attached to an aromatic ring is 1. The zero-order valence-electron chi connectivity index (χ0n) is 7.14. The highest BCUT2D eigenvalue weighted by Crippen LogP contribution is 2.22. The Balaban J connectivity index is 2.80. The first kappa shape index (κ1) is 10.6. The molecule has 76 valence electrons. The van der Waals surface area contributed by atoms with E-state index in [1.54, 1.807) is 0 Å². The number of carbonyl (C=O) groups excluding carboxylic acids is 1. The Hall–Kier alpha value is -1.52. The maximum absolute atomic E-state index is 11.8. The van der Waals surface area contributed by atoms with Gasteiger partial charge in [-0.05, 0) is 12.1 Å². The number of carbonyl (C=O) groups is 1. The van der Waals surface area contributed by atoms with Crippen molar-refractivity contribution >= 4 is 11.5 Å². The maximum Gasteiger partial charge on any atom is 0.396 e. The summed E-state index contributed by atoms with van der Waals surface area (Å²) in [5.41, 5.74) is 5.59. The van der Waals surface area contributed by atoms with Crippen molar-refractivity contribution in [3.8, 4) is 0 Å². The van der Waals surface area contributed by atoms with Crippen molar-refractivity contribution in [2.75, 3.05) is 5.73 Å². The van der Waals surface area contributed by atoms with E-state index in [4.69, 9.17) is 5.73 Å². The van der Waals surface area contributed by atoms with Gasteiger partial charge >= 0.3 is 6.18 Å². The molecule has 0 spiro atoms. The summed E-state index contributed by atoms with van der Waals surface area (Å²) >= 11 is 0. The smallest absolute Gasteiger partial charge is 0.396 e. The summed E-state index contributed by atoms with van der Waals surface area (Å²) in [4.78, 5) is 11.0. The zero-order chi connectivity index (χ0) is 10.8. The number of hydrogen-bond donors (Lipinski definition) is 1. The number of Topliss-reactive ketones (excluding diaryl/α,β-unsaturated/α-hetero) is 1. The largest absolute Gasteiger partial charge is 0.399 e. The van der Waals surface area contributed by atoms with E-state index in [-0.39, 0.29) is 11.3 Å². The van der Waals surface area contributed by atoms with E-state index in [2.05, 4.69) is 0 Å². The number of anilines is 1. The van der Waals surface area contributed by atoms with Gasteiger partial charge in [0.1, 0.15) is 6.42 Å². The minimum absolute atomic E-state index is 0.0117. The van der Waals surface area contributed by atoms with Crippen LogP contribution < -0.4 is 5.73 Å². The molecule has 0 saturated heterocycles. The molecule has 2 nitrogen and oxygen atoms in total. The standard InChI is InChI=1S/C9H8F3NO/c10-9(11,12)5-8(14)6-2-1-3-7(13)4-6/h1-4H,5,13H2. The highest BCUT2D eigenvalue weighted by molar-refractivity contribution is 5.97. The number of alkyl halides is 3. The highest BCUT2D eigenvalue weighted by Gasteiger charge is 2.31. The van der Waals surface area contributed by atoms with Crippen LogP contribution >= 0.6 is 0 Å². The van der Waals surface area contributed by atoms with Gasteiger partial charge in [-0.2, -0.15) is 13.2 Å². The lowest BCUT2D eigenvalue weighted by molar-refractivity contribution is -0.125. The molecule has 0 amide bonds. The van der Waals surface area contributed by atoms with Crippen LogP contribution in [0.15, 0.2) is 24.3 Å². The van der Waals surface area contributed by atoms with Crippen molar-refractivity contribution in [3.05, 3.63) is 29.8 Å². The lowest BCUT2D eigenvalue weighted by atomic mass is 10.1. The summed E-state index contributed by atoms with van der Waals surface area (Å²) in [6.07, 6.45) is -5.92. The van der Waals surface area contributed by atoms with E-state index in [1.807, 2.05) is 0 Å². The molecule has 0 unspecified atom stereocenters. The molecule has 0 aliphatic carbocycles. The Kier molecular flexibility index (Phi) is 2.78. The minimum atomic E-state index is -4.47. The summed E-state index contributed by atoms with van der Waals surface area (Å²) in [5.74, 6) is -0.968. The van der Waals surface area contributed by atoms with E-state index in [0.717, 1.165) is 0 Å². The fourth-order valence-electron chi connectivity index (χ4n) is 0.996. The first-order valence-electron chi connectivity index (χ1n) is 3.84. The van der Waals surface area contributed by atoms with Gasteiger partial charge in [0, 0.05) is 11.3 Å². The molecule has 0 radical (unpaired) electrons. The minimum Gasteiger partial charge on any atom is -0.399 e. The second-order valence-corrected chi connectivity index (χ2v) is 2.84. The van der Waals surface area contributed by atoms with Gasteiger partial charge < -0.3 is 5.73 Å². The molecular formula is C9H8F3NO. The van der Waals surface area contributed by atoms with Crippen LogP contribution in [0.25, 0.3) is 0 Å². The second kappa shape index (κ2) is 3.69. The summed E-state index contributed by atoms with van der Waals surface area (Å²) in [6, 6.07) is 5.49. The fourth-order valence-corrected chi connectivity index (χ4v) is 0.996. The molecule has 2 N–H and O–H groups in total. The average molecular weight is 203 g/mol. The topological polar surface area (TPSA) is 43.1 Å². The van der Waals surface area contributed by atoms with Crippen LogP contribution in [0, 0.1) is 0 Å². The van der Waals surface area contributed by atoms with Crippen molar-refractivity contribution in [2.24, 2.45) is 0 Å². The molecule has 0 heterocycles. The van der Waals surface area contributed by atoms with Crippen molar-refractivity contribution in [2.45, 2.75) is 12.6 Å². The third-order valence-corrected chi connectivity index (χ3v) is 1.57. The molecular weight excluding hydrogens is 195 g/mol. The Bertz CT molecular complexity index is 346. The first-order chi connectivity index (χ1) is 6.38. The third kappa shape index (κ3) is 3.08. The average Bonchev–Trinajstić information content (AvgIpc) is 2.01. The quantitative estimate of drug-likeness (QED) is 0.592. The van der Waals surface area contributed by atoms with Gasteiger partial charge in [-0.3, -0.25) is 4.79 Å². The molecule has 0 aromatic heterocycles. The summed E-state index contributed by atoms with van der Waals surface area (Å²) < 4.78 is 35.5. The van der Waals surface area contributed by atoms with Gasteiger partial charge in [0.15, 0.2) is 5.78 Å². The molecule has 0 aliphatic rings. The van der Waals surface area contributed by atoms with Crippen LogP contribution in [-0.2, 0) is 0 Å². The number of hydrogen-bond acceptors (Lipinski definition) is 2. The molecule has 0 saturated carbocycles. The predicted molar refractivity (Wildman–Crippen MR) is 45.9 cm³/mol. The Labute approximate surface area is 78.5 Å². The molecule has 14 heavy (non-hydrogen) atoms. The lowest BCUT2D eigenvalue weighted by Crippen LogP contribution is -2.15. The Morgan fingerprint density at radius 2 is 2.00 bits per heavy atom. The van der Waals surface area contributed by atoms with E-state index in [1.165, 1.54) is 24.3 Å². The lowest BCUT2D eigenvalue weighted by Gasteiger charge is -2.05. The Morgan fingerprint density at radius 1 is 1.36 bits per heavy atom. The Morgan fingerprint density at radius 3 is 2.50 bits per heavy atom. The predicted octanol–water partition coefficient (Wildman–Crippen LogP) is 2.40. The van der Waals surface area contributed by atoms with Gasteiger partial charge in [-0.15, -0.1) is 0 Å². The maximum atomic E-state index is 11.8. The van der Waals surface area contributed by atoms with Crippen LogP contribution in [0.1, 0.15) is 16.8 Å². The number of rotatable bonds is 2. The zero-order valence-corrected chi connectivity index (χ0v) is 7.14. The third-order valence-electron chi connectivity index (χ3n) is 1.57. The monoisotopic (exact) mass is 203 g/mol. The van der Waals surface area contributed by atoms with Gasteiger partial charge in [-0.25, -0.2) is 0 Å². The van der Waals surface area contributed by atoms with E-state index in [0.29, 0.717) is 0 Å².